The van der Waals surface area contributed by atoms with Crippen molar-refractivity contribution in [1.29, 1.82) is 0 Å². The molecule has 0 spiro atoms. The quantitative estimate of drug-likeness (QED) is 0.378. The Morgan fingerprint density at radius 3 is 2.41 bits per heavy atom. The average Bonchev–Trinajstić information content (AvgIpc) is 2.75. The minimum atomic E-state index is -1.35. The number of hydrogen-bond acceptors (Lipinski definition) is 8. The fourth-order valence-electron chi connectivity index (χ4n) is 3.83. The van der Waals surface area contributed by atoms with E-state index in [4.69, 9.17) is 4.74 Å². The third kappa shape index (κ3) is 5.69. The van der Waals surface area contributed by atoms with Crippen LogP contribution in [0.25, 0.3) is 6.08 Å². The number of aliphatic hydroxyl groups is 3. The smallest absolute Gasteiger partial charge is 0.342 e. The van der Waals surface area contributed by atoms with Crippen LogP contribution in [0, 0.1) is 5.92 Å². The van der Waals surface area contributed by atoms with Crippen molar-refractivity contribution in [3.63, 3.8) is 0 Å². The summed E-state index contributed by atoms with van der Waals surface area (Å²) < 4.78 is 5.60. The summed E-state index contributed by atoms with van der Waals surface area (Å²) >= 11 is 0. The van der Waals surface area contributed by atoms with Crippen LogP contribution in [0.5, 0.6) is 5.75 Å². The number of rotatable bonds is 1. The first kappa shape index (κ1) is 24.3. The number of carbonyl (C=O) groups excluding carboxylic acids is 1. The SMILES string of the molecule is CC1OC(=O)c2c(O)cc(N3CCN(C)CC3)cc2/C=C/CC(O)C(O)C(O)/C=C\[C@H]1C. The summed E-state index contributed by atoms with van der Waals surface area (Å²) in [4.78, 5) is 17.3. The van der Waals surface area contributed by atoms with E-state index in [1.54, 1.807) is 31.2 Å². The summed E-state index contributed by atoms with van der Waals surface area (Å²) in [7, 11) is 2.06. The molecular formula is C24H34N2O6. The molecule has 4 N–H and O–H groups in total. The molecule has 2 aliphatic heterocycles. The van der Waals surface area contributed by atoms with Crippen LogP contribution in [-0.4, -0.2) is 88.9 Å². The van der Waals surface area contributed by atoms with Crippen molar-refractivity contribution in [3.05, 3.63) is 41.5 Å². The molecular weight excluding hydrogens is 412 g/mol. The van der Waals surface area contributed by atoms with Crippen molar-refractivity contribution >= 4 is 17.7 Å². The summed E-state index contributed by atoms with van der Waals surface area (Å²) in [6.45, 7) is 6.92. The third-order valence-electron chi connectivity index (χ3n) is 6.27. The first-order valence-corrected chi connectivity index (χ1v) is 11.1. The van der Waals surface area contributed by atoms with Gasteiger partial charge in [-0.05, 0) is 32.0 Å². The van der Waals surface area contributed by atoms with Crippen LogP contribution in [0.15, 0.2) is 30.4 Å². The maximum absolute atomic E-state index is 13.0. The number of nitrogens with zero attached hydrogens (tertiary/aromatic N) is 2. The van der Waals surface area contributed by atoms with Crippen LogP contribution in [-0.2, 0) is 4.74 Å². The monoisotopic (exact) mass is 446 g/mol. The Morgan fingerprint density at radius 2 is 1.72 bits per heavy atom. The van der Waals surface area contributed by atoms with Crippen molar-refractivity contribution in [2.24, 2.45) is 5.92 Å². The highest BCUT2D eigenvalue weighted by Crippen LogP contribution is 2.32. The molecule has 1 fully saturated rings. The Labute approximate surface area is 189 Å². The number of phenolic OH excluding ortho intramolecular Hbond substituents is 1. The number of hydrogen-bond donors (Lipinski definition) is 4. The number of likely N-dealkylation sites (N-methyl/N-ethyl adjacent to an activating group) is 1. The number of piperazine rings is 1. The standard InChI is InChI=1S/C24H34N2O6/c1-15-7-8-20(28)23(30)19(27)6-4-5-17-13-18(26-11-9-25(3)10-12-26)14-21(29)22(17)24(31)32-16(15)2/h4-5,7-8,13-16,19-20,23,27-30H,6,9-12H2,1-3H3/b5-4+,8-7-/t15-,16?,19?,20?,23?/m1/s1. The molecule has 0 bridgehead atoms. The van der Waals surface area contributed by atoms with Crippen molar-refractivity contribution in [3.8, 4) is 5.75 Å². The van der Waals surface area contributed by atoms with Crippen LogP contribution < -0.4 is 4.90 Å². The van der Waals surface area contributed by atoms with E-state index in [1.165, 1.54) is 6.08 Å². The van der Waals surface area contributed by atoms with Gasteiger partial charge in [-0.3, -0.25) is 0 Å². The molecule has 4 unspecified atom stereocenters. The zero-order valence-electron chi connectivity index (χ0n) is 18.9. The number of anilines is 1. The lowest BCUT2D eigenvalue weighted by Gasteiger charge is -2.34. The molecule has 0 saturated carbocycles. The second-order valence-electron chi connectivity index (χ2n) is 8.76. The van der Waals surface area contributed by atoms with E-state index in [2.05, 4.69) is 16.8 Å². The molecule has 0 aliphatic carbocycles. The van der Waals surface area contributed by atoms with Crippen molar-refractivity contribution in [2.75, 3.05) is 38.1 Å². The minimum Gasteiger partial charge on any atom is -0.507 e. The Hall–Kier alpha value is -2.39. The van der Waals surface area contributed by atoms with Crippen molar-refractivity contribution in [2.45, 2.75) is 44.7 Å². The van der Waals surface area contributed by atoms with Gasteiger partial charge in [0, 0.05) is 43.9 Å². The van der Waals surface area contributed by atoms with E-state index >= 15 is 0 Å². The van der Waals surface area contributed by atoms with Gasteiger partial charge in [-0.25, -0.2) is 4.79 Å². The van der Waals surface area contributed by atoms with Gasteiger partial charge in [-0.1, -0.05) is 31.2 Å². The zero-order valence-corrected chi connectivity index (χ0v) is 18.9. The largest absolute Gasteiger partial charge is 0.507 e. The molecule has 2 heterocycles. The number of cyclic esters (lactones) is 1. The Balaban J connectivity index is 1.99. The second kappa shape index (κ2) is 10.5. The fraction of sp³-hybridized carbons (Fsp3) is 0.542. The van der Waals surface area contributed by atoms with E-state index in [0.29, 0.717) is 5.56 Å². The molecule has 0 aromatic heterocycles. The van der Waals surface area contributed by atoms with E-state index in [9.17, 15) is 25.2 Å². The highest BCUT2D eigenvalue weighted by molar-refractivity contribution is 5.97. The van der Waals surface area contributed by atoms with Crippen LogP contribution >= 0.6 is 0 Å². The van der Waals surface area contributed by atoms with E-state index in [-0.39, 0.29) is 23.7 Å². The average molecular weight is 447 g/mol. The molecule has 32 heavy (non-hydrogen) atoms. The molecule has 0 amide bonds. The van der Waals surface area contributed by atoms with Gasteiger partial charge in [0.2, 0.25) is 0 Å². The number of aliphatic hydroxyl groups excluding tert-OH is 3. The Kier molecular flexibility index (Phi) is 7.95. The number of carbonyl (C=O) groups is 1. The lowest BCUT2D eigenvalue weighted by molar-refractivity contribution is -0.0395. The number of phenols is 1. The normalized spacial score (nSPS) is 32.5. The van der Waals surface area contributed by atoms with Gasteiger partial charge < -0.3 is 35.0 Å². The molecule has 1 saturated heterocycles. The Morgan fingerprint density at radius 1 is 1.03 bits per heavy atom. The number of esters is 1. The second-order valence-corrected chi connectivity index (χ2v) is 8.76. The first-order valence-electron chi connectivity index (χ1n) is 11.1. The number of ether oxygens (including phenoxy) is 1. The maximum Gasteiger partial charge on any atom is 0.342 e. The summed E-state index contributed by atoms with van der Waals surface area (Å²) in [5.41, 5.74) is 1.33. The number of benzene rings is 1. The van der Waals surface area contributed by atoms with Gasteiger partial charge in [-0.2, -0.15) is 0 Å². The molecule has 3 rings (SSSR count). The summed E-state index contributed by atoms with van der Waals surface area (Å²) in [6, 6.07) is 3.42. The van der Waals surface area contributed by atoms with Gasteiger partial charge >= 0.3 is 5.97 Å². The maximum atomic E-state index is 13.0. The molecule has 1 aromatic carbocycles. The van der Waals surface area contributed by atoms with Gasteiger partial charge in [0.25, 0.3) is 0 Å². The summed E-state index contributed by atoms with van der Waals surface area (Å²) in [6.07, 6.45) is 2.02. The van der Waals surface area contributed by atoms with E-state index < -0.39 is 30.4 Å². The minimum absolute atomic E-state index is 0.0615. The third-order valence-corrected chi connectivity index (χ3v) is 6.27. The molecule has 176 valence electrons. The predicted molar refractivity (Wildman–Crippen MR) is 123 cm³/mol. The van der Waals surface area contributed by atoms with Crippen molar-refractivity contribution < 1.29 is 30.0 Å². The fourth-order valence-corrected chi connectivity index (χ4v) is 3.83. The zero-order chi connectivity index (χ0) is 23.4. The summed E-state index contributed by atoms with van der Waals surface area (Å²) in [5.74, 6) is -1.06. The Bertz CT molecular complexity index is 862. The summed E-state index contributed by atoms with van der Waals surface area (Å²) in [5, 5.41) is 41.4. The van der Waals surface area contributed by atoms with Crippen LogP contribution in [0.3, 0.4) is 0 Å². The first-order chi connectivity index (χ1) is 15.2. The lowest BCUT2D eigenvalue weighted by atomic mass is 9.98. The lowest BCUT2D eigenvalue weighted by Crippen LogP contribution is -2.44. The van der Waals surface area contributed by atoms with Gasteiger partial charge in [0.1, 0.15) is 29.6 Å². The highest BCUT2D eigenvalue weighted by Gasteiger charge is 2.26. The number of aromatic hydroxyl groups is 1. The predicted octanol–water partition coefficient (Wildman–Crippen LogP) is 1.38. The van der Waals surface area contributed by atoms with Crippen LogP contribution in [0.2, 0.25) is 0 Å². The van der Waals surface area contributed by atoms with E-state index in [1.807, 2.05) is 13.0 Å². The molecule has 5 atom stereocenters. The van der Waals surface area contributed by atoms with Gasteiger partial charge in [-0.15, -0.1) is 0 Å². The van der Waals surface area contributed by atoms with Crippen LogP contribution in [0.4, 0.5) is 5.69 Å². The molecule has 2 aliphatic rings. The molecule has 0 radical (unpaired) electrons. The topological polar surface area (TPSA) is 114 Å². The van der Waals surface area contributed by atoms with Gasteiger partial charge in [0.15, 0.2) is 0 Å². The van der Waals surface area contributed by atoms with Gasteiger partial charge in [0.05, 0.1) is 6.10 Å². The highest BCUT2D eigenvalue weighted by atomic mass is 16.5. The molecule has 8 nitrogen and oxygen atoms in total. The molecule has 1 aromatic rings. The van der Waals surface area contributed by atoms with Crippen molar-refractivity contribution in [1.82, 2.24) is 4.90 Å². The molecule has 8 heteroatoms. The number of fused-ring (bicyclic) bond motifs is 1. The van der Waals surface area contributed by atoms with Crippen LogP contribution in [0.1, 0.15) is 36.2 Å². The van der Waals surface area contributed by atoms with E-state index in [0.717, 1.165) is 31.9 Å².